The standard InChI is InChI=1S/C25H23ClN4O3/c1-25(2,3)33-24(31)30-19(15-27-32-16-17-10-6-4-7-11-17)14-20-21(26)28-22(29-23(20)30)18-12-8-5-9-13-18/h4-15H,16H2,1-3H3/b27-15+. The van der Waals surface area contributed by atoms with Crippen LogP contribution in [0.3, 0.4) is 0 Å². The Balaban J connectivity index is 1.74. The lowest BCUT2D eigenvalue weighted by molar-refractivity contribution is 0.0543. The van der Waals surface area contributed by atoms with Gasteiger partial charge in [-0.25, -0.2) is 19.3 Å². The summed E-state index contributed by atoms with van der Waals surface area (Å²) >= 11 is 6.48. The first-order chi connectivity index (χ1) is 15.8. The van der Waals surface area contributed by atoms with Gasteiger partial charge in [-0.05, 0) is 32.4 Å². The minimum absolute atomic E-state index is 0.223. The summed E-state index contributed by atoms with van der Waals surface area (Å²) in [6.07, 6.45) is 0.836. The third-order valence-electron chi connectivity index (χ3n) is 4.58. The molecule has 0 radical (unpaired) electrons. The van der Waals surface area contributed by atoms with E-state index in [4.69, 9.17) is 21.2 Å². The van der Waals surface area contributed by atoms with Crippen LogP contribution < -0.4 is 0 Å². The number of rotatable bonds is 5. The van der Waals surface area contributed by atoms with Crippen molar-refractivity contribution >= 4 is 34.9 Å². The highest BCUT2D eigenvalue weighted by molar-refractivity contribution is 6.34. The lowest BCUT2D eigenvalue weighted by Crippen LogP contribution is -2.28. The Morgan fingerprint density at radius 1 is 1.06 bits per heavy atom. The molecule has 2 aromatic heterocycles. The SMILES string of the molecule is CC(C)(C)OC(=O)n1c(/C=N/OCc2ccccc2)cc2c(Cl)nc(-c3ccccc3)nc21. The highest BCUT2D eigenvalue weighted by Crippen LogP contribution is 2.28. The van der Waals surface area contributed by atoms with Gasteiger partial charge >= 0.3 is 6.09 Å². The summed E-state index contributed by atoms with van der Waals surface area (Å²) in [7, 11) is 0. The number of fused-ring (bicyclic) bond motifs is 1. The third kappa shape index (κ3) is 5.38. The van der Waals surface area contributed by atoms with E-state index >= 15 is 0 Å². The first kappa shape index (κ1) is 22.5. The Labute approximate surface area is 196 Å². The number of oxime groups is 1. The summed E-state index contributed by atoms with van der Waals surface area (Å²) in [4.78, 5) is 27.5. The molecule has 0 bridgehead atoms. The Bertz CT molecular complexity index is 1300. The zero-order valence-corrected chi connectivity index (χ0v) is 19.3. The molecule has 0 amide bonds. The smallest absolute Gasteiger partial charge is 0.420 e. The fourth-order valence-electron chi connectivity index (χ4n) is 3.15. The summed E-state index contributed by atoms with van der Waals surface area (Å²) in [5.41, 5.74) is 1.79. The van der Waals surface area contributed by atoms with E-state index in [1.165, 1.54) is 10.8 Å². The summed E-state index contributed by atoms with van der Waals surface area (Å²) in [6, 6.07) is 20.8. The molecule has 0 aliphatic carbocycles. The molecule has 0 spiro atoms. The molecule has 0 N–H and O–H groups in total. The molecule has 4 aromatic rings. The number of nitrogens with zero attached hydrogens (tertiary/aromatic N) is 4. The molecule has 0 aliphatic heterocycles. The molecule has 168 valence electrons. The maximum atomic E-state index is 13.1. The summed E-state index contributed by atoms with van der Waals surface area (Å²) in [5.74, 6) is 0.403. The fourth-order valence-corrected chi connectivity index (χ4v) is 3.37. The fraction of sp³-hybridized carbons (Fsp3) is 0.200. The first-order valence-electron chi connectivity index (χ1n) is 10.4. The van der Waals surface area contributed by atoms with Gasteiger partial charge in [0.15, 0.2) is 11.5 Å². The van der Waals surface area contributed by atoms with E-state index in [0.29, 0.717) is 29.2 Å². The zero-order valence-electron chi connectivity index (χ0n) is 18.5. The van der Waals surface area contributed by atoms with Crippen molar-refractivity contribution in [3.8, 4) is 11.4 Å². The molecule has 0 aliphatic rings. The van der Waals surface area contributed by atoms with Crippen LogP contribution in [0, 0.1) is 0 Å². The molecule has 0 atom stereocenters. The molecule has 0 unspecified atom stereocenters. The Morgan fingerprint density at radius 2 is 1.73 bits per heavy atom. The van der Waals surface area contributed by atoms with Crippen molar-refractivity contribution in [3.63, 3.8) is 0 Å². The number of ether oxygens (including phenoxy) is 1. The molecule has 2 aromatic carbocycles. The highest BCUT2D eigenvalue weighted by atomic mass is 35.5. The average Bonchev–Trinajstić information content (AvgIpc) is 3.16. The largest absolute Gasteiger partial charge is 0.443 e. The van der Waals surface area contributed by atoms with E-state index in [-0.39, 0.29) is 5.15 Å². The minimum Gasteiger partial charge on any atom is -0.443 e. The molecule has 0 saturated carbocycles. The second-order valence-corrected chi connectivity index (χ2v) is 8.68. The van der Waals surface area contributed by atoms with Crippen molar-refractivity contribution in [2.24, 2.45) is 5.16 Å². The third-order valence-corrected chi connectivity index (χ3v) is 4.87. The second kappa shape index (κ2) is 9.42. The maximum absolute atomic E-state index is 13.1. The summed E-state index contributed by atoms with van der Waals surface area (Å²) in [6.45, 7) is 5.68. The van der Waals surface area contributed by atoms with Crippen LogP contribution in [0.5, 0.6) is 0 Å². The van der Waals surface area contributed by atoms with Crippen molar-refractivity contribution in [2.75, 3.05) is 0 Å². The van der Waals surface area contributed by atoms with Gasteiger partial charge in [0.25, 0.3) is 0 Å². The van der Waals surface area contributed by atoms with Gasteiger partial charge in [0, 0.05) is 5.56 Å². The summed E-state index contributed by atoms with van der Waals surface area (Å²) in [5, 5.41) is 4.77. The van der Waals surface area contributed by atoms with Crippen LogP contribution in [0.4, 0.5) is 4.79 Å². The molecular weight excluding hydrogens is 440 g/mol. The lowest BCUT2D eigenvalue weighted by atomic mass is 10.2. The Hall–Kier alpha value is -3.71. The Morgan fingerprint density at radius 3 is 2.39 bits per heavy atom. The normalized spacial score (nSPS) is 11.8. The van der Waals surface area contributed by atoms with Crippen LogP contribution in [-0.4, -0.2) is 32.4 Å². The number of carbonyl (C=O) groups excluding carboxylic acids is 1. The van der Waals surface area contributed by atoms with E-state index in [0.717, 1.165) is 11.1 Å². The average molecular weight is 463 g/mol. The van der Waals surface area contributed by atoms with Crippen LogP contribution >= 0.6 is 11.6 Å². The molecule has 4 rings (SSSR count). The van der Waals surface area contributed by atoms with Gasteiger partial charge in [-0.2, -0.15) is 0 Å². The predicted molar refractivity (Wildman–Crippen MR) is 128 cm³/mol. The topological polar surface area (TPSA) is 78.6 Å². The molecule has 7 nitrogen and oxygen atoms in total. The number of halogens is 1. The van der Waals surface area contributed by atoms with E-state index in [9.17, 15) is 4.79 Å². The van der Waals surface area contributed by atoms with Crippen molar-refractivity contribution in [3.05, 3.63) is 83.1 Å². The predicted octanol–water partition coefficient (Wildman–Crippen LogP) is 6.09. The first-order valence-corrected chi connectivity index (χ1v) is 10.8. The molecule has 0 saturated heterocycles. The van der Waals surface area contributed by atoms with Crippen LogP contribution in [0.15, 0.2) is 71.9 Å². The quantitative estimate of drug-likeness (QED) is 0.204. The monoisotopic (exact) mass is 462 g/mol. The van der Waals surface area contributed by atoms with Gasteiger partial charge in [0.1, 0.15) is 17.4 Å². The number of hydrogen-bond acceptors (Lipinski definition) is 6. The Kier molecular flexibility index (Phi) is 6.42. The van der Waals surface area contributed by atoms with Crippen molar-refractivity contribution in [2.45, 2.75) is 33.0 Å². The van der Waals surface area contributed by atoms with Crippen LogP contribution in [0.1, 0.15) is 32.0 Å². The van der Waals surface area contributed by atoms with Gasteiger partial charge in [-0.3, -0.25) is 0 Å². The lowest BCUT2D eigenvalue weighted by Gasteiger charge is -2.20. The molecular formula is C25H23ClN4O3. The maximum Gasteiger partial charge on any atom is 0.420 e. The highest BCUT2D eigenvalue weighted by Gasteiger charge is 2.24. The number of aromatic nitrogens is 3. The van der Waals surface area contributed by atoms with Gasteiger partial charge < -0.3 is 9.57 Å². The zero-order chi connectivity index (χ0) is 23.4. The molecule has 33 heavy (non-hydrogen) atoms. The van der Waals surface area contributed by atoms with Gasteiger partial charge in [-0.15, -0.1) is 0 Å². The second-order valence-electron chi connectivity index (χ2n) is 8.32. The van der Waals surface area contributed by atoms with Crippen molar-refractivity contribution in [1.29, 1.82) is 0 Å². The van der Waals surface area contributed by atoms with Crippen molar-refractivity contribution in [1.82, 2.24) is 14.5 Å². The van der Waals surface area contributed by atoms with E-state index < -0.39 is 11.7 Å². The number of benzene rings is 2. The minimum atomic E-state index is -0.703. The van der Waals surface area contributed by atoms with Gasteiger partial charge in [0.2, 0.25) is 0 Å². The van der Waals surface area contributed by atoms with Crippen LogP contribution in [0.25, 0.3) is 22.4 Å². The van der Waals surface area contributed by atoms with E-state index in [1.54, 1.807) is 26.8 Å². The van der Waals surface area contributed by atoms with Crippen molar-refractivity contribution < 1.29 is 14.4 Å². The number of hydrogen-bond donors (Lipinski definition) is 0. The van der Waals surface area contributed by atoms with Crippen LogP contribution in [0.2, 0.25) is 5.15 Å². The van der Waals surface area contributed by atoms with Gasteiger partial charge in [0.05, 0.1) is 17.3 Å². The number of carbonyl (C=O) groups is 1. The van der Waals surface area contributed by atoms with Crippen LogP contribution in [-0.2, 0) is 16.2 Å². The summed E-state index contributed by atoms with van der Waals surface area (Å²) < 4.78 is 6.94. The molecule has 8 heteroatoms. The molecule has 2 heterocycles. The van der Waals surface area contributed by atoms with Gasteiger partial charge in [-0.1, -0.05) is 77.4 Å². The molecule has 0 fully saturated rings. The van der Waals surface area contributed by atoms with E-state index in [2.05, 4.69) is 15.1 Å². The van der Waals surface area contributed by atoms with E-state index in [1.807, 2.05) is 60.7 Å².